The van der Waals surface area contributed by atoms with Crippen molar-refractivity contribution < 1.29 is 19.4 Å². The second-order valence-electron chi connectivity index (χ2n) is 13.0. The number of aliphatic hydroxyl groups is 1. The number of hydrogen-bond donors (Lipinski definition) is 1. The lowest BCUT2D eigenvalue weighted by Crippen LogP contribution is -2.27. The first-order valence-electron chi connectivity index (χ1n) is 20.0. The van der Waals surface area contributed by atoms with Gasteiger partial charge in [0.15, 0.2) is 0 Å². The molecule has 0 bridgehead atoms. The van der Waals surface area contributed by atoms with E-state index in [0.717, 1.165) is 51.4 Å². The van der Waals surface area contributed by atoms with Crippen LogP contribution in [-0.4, -0.2) is 37.0 Å². The third-order valence-corrected chi connectivity index (χ3v) is 8.27. The molecule has 0 spiro atoms. The Kier molecular flexibility index (Phi) is 39.1. The Morgan fingerprint density at radius 3 is 1.44 bits per heavy atom. The molecule has 0 heterocycles. The second-order valence-corrected chi connectivity index (χ2v) is 13.0. The molecule has 0 aromatic rings. The van der Waals surface area contributed by atoms with E-state index in [-0.39, 0.29) is 19.2 Å². The number of hydrogen-bond acceptors (Lipinski definition) is 4. The summed E-state index contributed by atoms with van der Waals surface area (Å²) in [6, 6.07) is 0. The van der Waals surface area contributed by atoms with Gasteiger partial charge in [-0.25, -0.2) is 0 Å². The Morgan fingerprint density at radius 1 is 0.521 bits per heavy atom. The van der Waals surface area contributed by atoms with Crippen molar-refractivity contribution in [2.75, 3.05) is 19.8 Å². The molecule has 4 heteroatoms. The Bertz CT molecular complexity index is 835. The summed E-state index contributed by atoms with van der Waals surface area (Å²) in [5.41, 5.74) is 0. The summed E-state index contributed by atoms with van der Waals surface area (Å²) >= 11 is 0. The predicted molar refractivity (Wildman–Crippen MR) is 209 cm³/mol. The molecule has 1 unspecified atom stereocenters. The van der Waals surface area contributed by atoms with Crippen molar-refractivity contribution >= 4 is 5.97 Å². The van der Waals surface area contributed by atoms with Crippen molar-refractivity contribution in [2.24, 2.45) is 0 Å². The average molecular weight is 669 g/mol. The number of carbonyl (C=O) groups excluding carboxylic acids is 1. The highest BCUT2D eigenvalue weighted by molar-refractivity contribution is 5.69. The molecule has 4 nitrogen and oxygen atoms in total. The molecule has 0 rings (SSSR count). The summed E-state index contributed by atoms with van der Waals surface area (Å²) in [7, 11) is 0. The van der Waals surface area contributed by atoms with E-state index in [1.807, 2.05) is 0 Å². The topological polar surface area (TPSA) is 55.8 Å². The van der Waals surface area contributed by atoms with Crippen molar-refractivity contribution in [3.05, 3.63) is 72.9 Å². The quantitative estimate of drug-likeness (QED) is 0.0410. The van der Waals surface area contributed by atoms with Crippen molar-refractivity contribution in [3.63, 3.8) is 0 Å². The predicted octanol–water partition coefficient (Wildman–Crippen LogP) is 13.0. The molecule has 0 aromatic heterocycles. The second kappa shape index (κ2) is 41.0. The third kappa shape index (κ3) is 38.3. The first kappa shape index (κ1) is 45.8. The molecule has 0 aliphatic heterocycles. The molecule has 1 atom stereocenters. The molecule has 276 valence electrons. The van der Waals surface area contributed by atoms with Gasteiger partial charge in [0.25, 0.3) is 0 Å². The van der Waals surface area contributed by atoms with Gasteiger partial charge in [0, 0.05) is 13.0 Å². The van der Waals surface area contributed by atoms with Gasteiger partial charge in [-0.05, 0) is 77.0 Å². The molecular formula is C44H76O4. The number of esters is 1. The third-order valence-electron chi connectivity index (χ3n) is 8.27. The molecule has 0 aliphatic rings. The fraction of sp³-hybridized carbons (Fsp3) is 0.705. The highest BCUT2D eigenvalue weighted by atomic mass is 16.6. The largest absolute Gasteiger partial charge is 0.457 e. The van der Waals surface area contributed by atoms with Gasteiger partial charge in [0.2, 0.25) is 0 Å². The first-order chi connectivity index (χ1) is 23.7. The lowest BCUT2D eigenvalue weighted by Gasteiger charge is -2.15. The van der Waals surface area contributed by atoms with Crippen LogP contribution in [0.25, 0.3) is 0 Å². The minimum absolute atomic E-state index is 0.199. The van der Waals surface area contributed by atoms with Crippen LogP contribution in [0.3, 0.4) is 0 Å². The molecule has 0 saturated heterocycles. The zero-order valence-corrected chi connectivity index (χ0v) is 31.5. The van der Waals surface area contributed by atoms with Gasteiger partial charge in [-0.1, -0.05) is 164 Å². The number of aliphatic hydroxyl groups excluding tert-OH is 1. The van der Waals surface area contributed by atoms with E-state index in [1.54, 1.807) is 0 Å². The Morgan fingerprint density at radius 2 is 0.938 bits per heavy atom. The van der Waals surface area contributed by atoms with E-state index >= 15 is 0 Å². The summed E-state index contributed by atoms with van der Waals surface area (Å²) in [5.74, 6) is -0.260. The maximum atomic E-state index is 12.1. The monoisotopic (exact) mass is 669 g/mol. The lowest BCUT2D eigenvalue weighted by molar-refractivity contribution is -0.154. The van der Waals surface area contributed by atoms with Crippen LogP contribution in [-0.2, 0) is 14.3 Å². The van der Waals surface area contributed by atoms with Gasteiger partial charge >= 0.3 is 5.97 Å². The van der Waals surface area contributed by atoms with Gasteiger partial charge in [-0.3, -0.25) is 4.79 Å². The van der Waals surface area contributed by atoms with Gasteiger partial charge in [0.1, 0.15) is 6.10 Å². The van der Waals surface area contributed by atoms with Gasteiger partial charge in [0.05, 0.1) is 13.2 Å². The summed E-state index contributed by atoms with van der Waals surface area (Å²) in [5, 5.41) is 9.57. The number of rotatable bonds is 36. The van der Waals surface area contributed by atoms with Crippen LogP contribution in [0.4, 0.5) is 0 Å². The van der Waals surface area contributed by atoms with Crippen LogP contribution in [0.15, 0.2) is 72.9 Å². The summed E-state index contributed by atoms with van der Waals surface area (Å²) in [6.45, 7) is 5.16. The van der Waals surface area contributed by atoms with E-state index in [1.165, 1.54) is 103 Å². The molecule has 0 aromatic carbocycles. The van der Waals surface area contributed by atoms with E-state index in [9.17, 15) is 9.90 Å². The van der Waals surface area contributed by atoms with E-state index in [0.29, 0.717) is 13.0 Å². The highest BCUT2D eigenvalue weighted by Crippen LogP contribution is 2.12. The van der Waals surface area contributed by atoms with Crippen LogP contribution in [0.2, 0.25) is 0 Å². The lowest BCUT2D eigenvalue weighted by atomic mass is 10.1. The fourth-order valence-corrected chi connectivity index (χ4v) is 5.30. The minimum Gasteiger partial charge on any atom is -0.457 e. The molecule has 1 N–H and O–H groups in total. The SMILES string of the molecule is CC/C=C\C/C=C\C/C=C\C/C=C\C/C=C\CCCC(=O)OC(CO)COCCCCCCCCCC/C=C\CCCCCCCCC. The Balaban J connectivity index is 3.55. The van der Waals surface area contributed by atoms with Crippen molar-refractivity contribution in [2.45, 2.75) is 180 Å². The maximum Gasteiger partial charge on any atom is 0.306 e. The van der Waals surface area contributed by atoms with Crippen LogP contribution in [0, 0.1) is 0 Å². The van der Waals surface area contributed by atoms with Crippen LogP contribution in [0.1, 0.15) is 174 Å². The molecule has 0 saturated carbocycles. The normalized spacial score (nSPS) is 13.1. The average Bonchev–Trinajstić information content (AvgIpc) is 3.09. The van der Waals surface area contributed by atoms with Crippen molar-refractivity contribution in [1.29, 1.82) is 0 Å². The van der Waals surface area contributed by atoms with E-state index < -0.39 is 6.10 Å². The van der Waals surface area contributed by atoms with Gasteiger partial charge in [-0.2, -0.15) is 0 Å². The summed E-state index contributed by atoms with van der Waals surface area (Å²) in [4.78, 5) is 12.1. The molecule has 0 amide bonds. The summed E-state index contributed by atoms with van der Waals surface area (Å²) < 4.78 is 11.1. The van der Waals surface area contributed by atoms with Crippen LogP contribution < -0.4 is 0 Å². The Labute approximate surface area is 297 Å². The number of allylic oxidation sites excluding steroid dienone is 12. The van der Waals surface area contributed by atoms with Crippen molar-refractivity contribution in [3.8, 4) is 0 Å². The zero-order chi connectivity index (χ0) is 34.9. The number of ether oxygens (including phenoxy) is 2. The fourth-order valence-electron chi connectivity index (χ4n) is 5.30. The van der Waals surface area contributed by atoms with Gasteiger partial charge in [-0.15, -0.1) is 0 Å². The number of unbranched alkanes of at least 4 members (excludes halogenated alkanes) is 16. The molecule has 0 fully saturated rings. The van der Waals surface area contributed by atoms with E-state index in [4.69, 9.17) is 9.47 Å². The van der Waals surface area contributed by atoms with Gasteiger partial charge < -0.3 is 14.6 Å². The first-order valence-corrected chi connectivity index (χ1v) is 20.0. The van der Waals surface area contributed by atoms with Crippen LogP contribution >= 0.6 is 0 Å². The number of carbonyl (C=O) groups is 1. The molecular weight excluding hydrogens is 592 g/mol. The van der Waals surface area contributed by atoms with Crippen molar-refractivity contribution in [1.82, 2.24) is 0 Å². The summed E-state index contributed by atoms with van der Waals surface area (Å²) in [6.07, 6.45) is 55.3. The van der Waals surface area contributed by atoms with E-state index in [2.05, 4.69) is 86.8 Å². The van der Waals surface area contributed by atoms with Crippen LogP contribution in [0.5, 0.6) is 0 Å². The Hall–Kier alpha value is -2.17. The maximum absolute atomic E-state index is 12.1. The standard InChI is InChI=1S/C44H76O4/c1-3-5-7-9-11-13-15-17-19-21-22-24-26-28-30-32-34-36-38-40-47-42-43(41-45)48-44(46)39-37-35-33-31-29-27-25-23-20-18-16-14-12-10-8-6-4-2/h6,8,12,14,18-21,25,27,31,33,43,45H,3-5,7,9-11,13,15-17,22-24,26,28-30,32,34-42H2,1-2H3/b8-6-,14-12-,20-18-,21-19-,27-25-,33-31-. The smallest absolute Gasteiger partial charge is 0.306 e. The minimum atomic E-state index is -0.568. The molecule has 48 heavy (non-hydrogen) atoms. The molecule has 0 radical (unpaired) electrons. The molecule has 0 aliphatic carbocycles. The highest BCUT2D eigenvalue weighted by Gasteiger charge is 2.13. The zero-order valence-electron chi connectivity index (χ0n) is 31.5.